The third kappa shape index (κ3) is 3.55. The van der Waals surface area contributed by atoms with E-state index in [0.717, 1.165) is 32.5 Å². The number of aromatic nitrogens is 2. The Hall–Kier alpha value is -4.02. The van der Waals surface area contributed by atoms with Gasteiger partial charge < -0.3 is 4.98 Å². The summed E-state index contributed by atoms with van der Waals surface area (Å²) in [6.45, 7) is 0. The van der Waals surface area contributed by atoms with Crippen molar-refractivity contribution in [2.45, 2.75) is 5.92 Å². The molecule has 0 radical (unpaired) electrons. The molecule has 0 atom stereocenters. The molecule has 6 rings (SSSR count). The van der Waals surface area contributed by atoms with Gasteiger partial charge >= 0.3 is 0 Å². The summed E-state index contributed by atoms with van der Waals surface area (Å²) >= 11 is 1.52. The molecule has 0 aliphatic carbocycles. The lowest BCUT2D eigenvalue weighted by Gasteiger charge is -2.17. The molecule has 33 heavy (non-hydrogen) atoms. The van der Waals surface area contributed by atoms with Crippen molar-refractivity contribution in [2.24, 2.45) is 0 Å². The van der Waals surface area contributed by atoms with Crippen LogP contribution in [0.25, 0.3) is 32.1 Å². The minimum atomic E-state index is -0.143. The van der Waals surface area contributed by atoms with Gasteiger partial charge in [0.25, 0.3) is 5.56 Å². The van der Waals surface area contributed by atoms with E-state index < -0.39 is 0 Å². The molecule has 0 unspecified atom stereocenters. The topological polar surface area (TPSA) is 45.8 Å². The van der Waals surface area contributed by atoms with E-state index in [1.54, 1.807) is 0 Å². The van der Waals surface area contributed by atoms with Gasteiger partial charge in [-0.05, 0) is 33.5 Å². The number of fused-ring (bicyclic) bond motifs is 2. The Balaban J connectivity index is 1.52. The molecular formula is C29H20N2OS. The number of nitrogens with zero attached hydrogens (tertiary/aromatic N) is 1. The van der Waals surface area contributed by atoms with E-state index >= 15 is 0 Å². The first-order valence-electron chi connectivity index (χ1n) is 10.9. The molecule has 3 nitrogen and oxygen atoms in total. The first-order valence-corrected chi connectivity index (χ1v) is 11.8. The van der Waals surface area contributed by atoms with Crippen molar-refractivity contribution in [1.82, 2.24) is 9.97 Å². The number of hydrogen-bond acceptors (Lipinski definition) is 3. The van der Waals surface area contributed by atoms with Gasteiger partial charge in [0.15, 0.2) is 0 Å². The highest BCUT2D eigenvalue weighted by molar-refractivity contribution is 7.17. The molecule has 0 saturated carbocycles. The largest absolute Gasteiger partial charge is 0.309 e. The van der Waals surface area contributed by atoms with Crippen LogP contribution in [0.3, 0.4) is 0 Å². The third-order valence-corrected chi connectivity index (χ3v) is 6.93. The van der Waals surface area contributed by atoms with Gasteiger partial charge in [0, 0.05) is 10.9 Å². The molecule has 2 heterocycles. The van der Waals surface area contributed by atoms with Crippen molar-refractivity contribution in [3.8, 4) is 11.1 Å². The zero-order valence-electron chi connectivity index (χ0n) is 17.7. The molecular weight excluding hydrogens is 424 g/mol. The number of thiophene rings is 1. The summed E-state index contributed by atoms with van der Waals surface area (Å²) in [5, 5.41) is 5.03. The lowest BCUT2D eigenvalue weighted by atomic mass is 9.90. The van der Waals surface area contributed by atoms with E-state index in [1.165, 1.54) is 16.7 Å². The highest BCUT2D eigenvalue weighted by atomic mass is 32.1. The van der Waals surface area contributed by atoms with Gasteiger partial charge in [-0.2, -0.15) is 0 Å². The van der Waals surface area contributed by atoms with Crippen LogP contribution in [0.5, 0.6) is 0 Å². The fraction of sp³-hybridized carbons (Fsp3) is 0.0345. The van der Waals surface area contributed by atoms with Crippen LogP contribution in [-0.2, 0) is 0 Å². The average Bonchev–Trinajstić information content (AvgIpc) is 3.30. The molecule has 4 heteroatoms. The maximum absolute atomic E-state index is 13.4. The molecule has 0 aliphatic heterocycles. The summed E-state index contributed by atoms with van der Waals surface area (Å²) in [5.74, 6) is 0.521. The van der Waals surface area contributed by atoms with E-state index in [4.69, 9.17) is 4.98 Å². The van der Waals surface area contributed by atoms with Gasteiger partial charge in [-0.3, -0.25) is 4.79 Å². The predicted molar refractivity (Wildman–Crippen MR) is 137 cm³/mol. The number of nitrogens with one attached hydrogen (secondary N) is 1. The Morgan fingerprint density at radius 3 is 2.06 bits per heavy atom. The van der Waals surface area contributed by atoms with E-state index in [1.807, 2.05) is 53.9 Å². The lowest BCUT2D eigenvalue weighted by molar-refractivity contribution is 0.860. The van der Waals surface area contributed by atoms with Crippen LogP contribution in [-0.4, -0.2) is 9.97 Å². The highest BCUT2D eigenvalue weighted by Crippen LogP contribution is 2.35. The smallest absolute Gasteiger partial charge is 0.260 e. The minimum Gasteiger partial charge on any atom is -0.309 e. The van der Waals surface area contributed by atoms with Crippen LogP contribution in [0.4, 0.5) is 0 Å². The fourth-order valence-electron chi connectivity index (χ4n) is 4.47. The number of benzene rings is 4. The van der Waals surface area contributed by atoms with Gasteiger partial charge in [-0.15, -0.1) is 11.3 Å². The molecule has 0 amide bonds. The summed E-state index contributed by atoms with van der Waals surface area (Å²) in [5.41, 5.74) is 4.05. The van der Waals surface area contributed by atoms with Crippen molar-refractivity contribution in [1.29, 1.82) is 0 Å². The third-order valence-electron chi connectivity index (χ3n) is 6.06. The molecule has 158 valence electrons. The summed E-state index contributed by atoms with van der Waals surface area (Å²) in [6, 6.07) is 35.0. The maximum Gasteiger partial charge on any atom is 0.260 e. The number of rotatable bonds is 4. The summed E-state index contributed by atoms with van der Waals surface area (Å²) in [6.07, 6.45) is 0. The Bertz CT molecular complexity index is 1600. The zero-order chi connectivity index (χ0) is 22.2. The summed E-state index contributed by atoms with van der Waals surface area (Å²) in [7, 11) is 0. The molecule has 1 N–H and O–H groups in total. The number of aromatic amines is 1. The standard InChI is InChI=1S/C29H20N2OS/c32-28-26-24(23-16-15-19-9-7-8-14-22(19)17-23)18-33-29(26)31-27(30-28)25(20-10-3-1-4-11-20)21-12-5-2-6-13-21/h1-18,25H,(H,30,31,32). The molecule has 4 aromatic carbocycles. The SMILES string of the molecule is O=c1[nH]c(C(c2ccccc2)c2ccccc2)nc2scc(-c3ccc4ccccc4c3)c12. The second-order valence-corrected chi connectivity index (χ2v) is 8.96. The van der Waals surface area contributed by atoms with E-state index in [9.17, 15) is 4.79 Å². The van der Waals surface area contributed by atoms with Gasteiger partial charge in [-0.1, -0.05) is 97.1 Å². The van der Waals surface area contributed by atoms with Crippen molar-refractivity contribution in [3.63, 3.8) is 0 Å². The molecule has 0 aliphatic rings. The Morgan fingerprint density at radius 2 is 1.36 bits per heavy atom. The first kappa shape index (κ1) is 19.6. The Labute approximate surface area is 195 Å². The second kappa shape index (κ2) is 8.15. The van der Waals surface area contributed by atoms with Gasteiger partial charge in [0.05, 0.1) is 11.3 Å². The molecule has 0 bridgehead atoms. The fourth-order valence-corrected chi connectivity index (χ4v) is 5.43. The van der Waals surface area contributed by atoms with Gasteiger partial charge in [0.2, 0.25) is 0 Å². The van der Waals surface area contributed by atoms with Crippen LogP contribution in [0.15, 0.2) is 113 Å². The van der Waals surface area contributed by atoms with E-state index in [2.05, 4.69) is 59.6 Å². The van der Waals surface area contributed by atoms with Crippen LogP contribution >= 0.6 is 11.3 Å². The van der Waals surface area contributed by atoms with Crippen LogP contribution in [0.1, 0.15) is 22.9 Å². The molecule has 6 aromatic rings. The van der Waals surface area contributed by atoms with Crippen LogP contribution in [0, 0.1) is 0 Å². The Kier molecular flexibility index (Phi) is 4.85. The van der Waals surface area contributed by atoms with Crippen LogP contribution in [0.2, 0.25) is 0 Å². The maximum atomic E-state index is 13.4. The summed E-state index contributed by atoms with van der Waals surface area (Å²) < 4.78 is 0. The van der Waals surface area contributed by atoms with Crippen LogP contribution < -0.4 is 5.56 Å². The van der Waals surface area contributed by atoms with Crippen molar-refractivity contribution in [3.05, 3.63) is 136 Å². The zero-order valence-corrected chi connectivity index (χ0v) is 18.5. The molecule has 2 aromatic heterocycles. The van der Waals surface area contributed by atoms with Crippen molar-refractivity contribution >= 4 is 32.3 Å². The normalized spacial score (nSPS) is 11.4. The Morgan fingerprint density at radius 1 is 0.727 bits per heavy atom. The second-order valence-electron chi connectivity index (χ2n) is 8.10. The summed E-state index contributed by atoms with van der Waals surface area (Å²) in [4.78, 5) is 22.2. The number of H-pyrrole nitrogens is 1. The first-order chi connectivity index (χ1) is 16.3. The molecule has 0 spiro atoms. The number of hydrogen-bond donors (Lipinski definition) is 1. The lowest BCUT2D eigenvalue weighted by Crippen LogP contribution is -2.16. The van der Waals surface area contributed by atoms with E-state index in [0.29, 0.717) is 11.2 Å². The van der Waals surface area contributed by atoms with Crippen molar-refractivity contribution in [2.75, 3.05) is 0 Å². The van der Waals surface area contributed by atoms with E-state index in [-0.39, 0.29) is 11.5 Å². The van der Waals surface area contributed by atoms with Crippen molar-refractivity contribution < 1.29 is 0 Å². The monoisotopic (exact) mass is 444 g/mol. The highest BCUT2D eigenvalue weighted by Gasteiger charge is 2.21. The van der Waals surface area contributed by atoms with Gasteiger partial charge in [-0.25, -0.2) is 4.98 Å². The quantitative estimate of drug-likeness (QED) is 0.319. The van der Waals surface area contributed by atoms with Gasteiger partial charge in [0.1, 0.15) is 10.7 Å². The molecule has 0 fully saturated rings. The predicted octanol–water partition coefficient (Wildman–Crippen LogP) is 6.99. The molecule has 0 saturated heterocycles. The minimum absolute atomic E-state index is 0.101. The average molecular weight is 445 g/mol.